The predicted molar refractivity (Wildman–Crippen MR) is 114 cm³/mol. The zero-order chi connectivity index (χ0) is 22.0. The first-order chi connectivity index (χ1) is 14.9. The number of imidazole rings is 1. The molecule has 7 nitrogen and oxygen atoms in total. The number of carbonyl (C=O) groups excluding carboxylic acids is 1. The van der Waals surface area contributed by atoms with Gasteiger partial charge in [0.25, 0.3) is 0 Å². The fraction of sp³-hybridized carbons (Fsp3) is 0.182. The number of nitrogens with one attached hydrogen (secondary N) is 1. The molecule has 0 aliphatic rings. The lowest BCUT2D eigenvalue weighted by atomic mass is 10.1. The molecular formula is C22H18ClFN6O. The van der Waals surface area contributed by atoms with Crippen LogP contribution in [0.3, 0.4) is 0 Å². The maximum Gasteiger partial charge on any atom is 0.226 e. The maximum absolute atomic E-state index is 14.0. The average molecular weight is 437 g/mol. The molecule has 0 spiro atoms. The summed E-state index contributed by atoms with van der Waals surface area (Å²) < 4.78 is 17.5. The summed E-state index contributed by atoms with van der Waals surface area (Å²) in [4.78, 5) is 16.8. The van der Waals surface area contributed by atoms with E-state index in [1.807, 2.05) is 41.9 Å². The van der Waals surface area contributed by atoms with Gasteiger partial charge in [0.1, 0.15) is 23.1 Å². The number of amides is 1. The molecule has 0 saturated carbocycles. The molecule has 1 aromatic carbocycles. The van der Waals surface area contributed by atoms with Crippen LogP contribution in [0.15, 0.2) is 55.0 Å². The summed E-state index contributed by atoms with van der Waals surface area (Å²) in [5, 5.41) is 16.3. The van der Waals surface area contributed by atoms with Gasteiger partial charge in [0.15, 0.2) is 0 Å². The first-order valence-corrected chi connectivity index (χ1v) is 9.95. The van der Waals surface area contributed by atoms with E-state index in [1.165, 1.54) is 12.1 Å². The second-order valence-corrected chi connectivity index (χ2v) is 7.60. The average Bonchev–Trinajstić information content (AvgIpc) is 3.33. The summed E-state index contributed by atoms with van der Waals surface area (Å²) in [7, 11) is 0. The van der Waals surface area contributed by atoms with E-state index in [9.17, 15) is 9.18 Å². The van der Waals surface area contributed by atoms with E-state index < -0.39 is 5.82 Å². The lowest BCUT2D eigenvalue weighted by molar-refractivity contribution is -0.121. The molecule has 1 atom stereocenters. The molecule has 0 bridgehead atoms. The summed E-state index contributed by atoms with van der Waals surface area (Å²) in [5.41, 5.74) is 2.29. The Balaban J connectivity index is 1.38. The Hall–Kier alpha value is -3.70. The van der Waals surface area contributed by atoms with Crippen molar-refractivity contribution in [1.82, 2.24) is 24.5 Å². The van der Waals surface area contributed by atoms with E-state index in [1.54, 1.807) is 23.0 Å². The van der Waals surface area contributed by atoms with E-state index in [-0.39, 0.29) is 29.0 Å². The molecule has 9 heteroatoms. The van der Waals surface area contributed by atoms with E-state index in [4.69, 9.17) is 16.9 Å². The number of carbonyl (C=O) groups is 1. The monoisotopic (exact) mass is 436 g/mol. The lowest BCUT2D eigenvalue weighted by Gasteiger charge is -2.13. The summed E-state index contributed by atoms with van der Waals surface area (Å²) in [5.74, 6) is -0.823. The Morgan fingerprint density at radius 3 is 2.90 bits per heavy atom. The van der Waals surface area contributed by atoms with Crippen molar-refractivity contribution in [3.8, 4) is 17.3 Å². The zero-order valence-corrected chi connectivity index (χ0v) is 17.3. The Morgan fingerprint density at radius 1 is 1.32 bits per heavy atom. The van der Waals surface area contributed by atoms with E-state index >= 15 is 0 Å². The normalized spacial score (nSPS) is 11.9. The molecule has 0 unspecified atom stereocenters. The highest BCUT2D eigenvalue weighted by molar-refractivity contribution is 6.32. The summed E-state index contributed by atoms with van der Waals surface area (Å²) in [6.07, 6.45) is 5.64. The Morgan fingerprint density at radius 2 is 2.16 bits per heavy atom. The van der Waals surface area contributed by atoms with Crippen molar-refractivity contribution in [3.05, 3.63) is 77.1 Å². The molecule has 0 radical (unpaired) electrons. The van der Waals surface area contributed by atoms with Crippen molar-refractivity contribution in [3.63, 3.8) is 0 Å². The summed E-state index contributed by atoms with van der Waals surface area (Å²) in [6.45, 7) is 2.31. The number of hydrogen-bond donors (Lipinski definition) is 1. The van der Waals surface area contributed by atoms with Crippen molar-refractivity contribution < 1.29 is 9.18 Å². The van der Waals surface area contributed by atoms with Gasteiger partial charge >= 0.3 is 0 Å². The second kappa shape index (κ2) is 8.58. The van der Waals surface area contributed by atoms with Gasteiger partial charge in [-0.15, -0.1) is 0 Å². The highest BCUT2D eigenvalue weighted by atomic mass is 35.5. The summed E-state index contributed by atoms with van der Waals surface area (Å²) >= 11 is 5.97. The largest absolute Gasteiger partial charge is 0.351 e. The lowest BCUT2D eigenvalue weighted by Crippen LogP contribution is -2.36. The molecular weight excluding hydrogens is 419 g/mol. The summed E-state index contributed by atoms with van der Waals surface area (Å²) in [6, 6.07) is 11.7. The van der Waals surface area contributed by atoms with E-state index in [2.05, 4.69) is 15.4 Å². The van der Waals surface area contributed by atoms with Crippen LogP contribution in [-0.4, -0.2) is 31.1 Å². The van der Waals surface area contributed by atoms with Crippen LogP contribution in [0.5, 0.6) is 0 Å². The van der Waals surface area contributed by atoms with Crippen molar-refractivity contribution >= 4 is 23.2 Å². The van der Waals surface area contributed by atoms with Crippen LogP contribution in [0.1, 0.15) is 18.2 Å². The van der Waals surface area contributed by atoms with Gasteiger partial charge < -0.3 is 9.72 Å². The van der Waals surface area contributed by atoms with Crippen molar-refractivity contribution in [2.24, 2.45) is 0 Å². The minimum atomic E-state index is -0.688. The van der Waals surface area contributed by atoms with E-state index in [0.717, 1.165) is 5.65 Å². The number of halogens is 2. The van der Waals surface area contributed by atoms with Gasteiger partial charge in [-0.25, -0.2) is 9.37 Å². The number of nitriles is 1. The van der Waals surface area contributed by atoms with E-state index in [0.29, 0.717) is 23.5 Å². The molecule has 4 aromatic rings. The molecule has 1 N–H and O–H groups in total. The molecule has 156 valence electrons. The quantitative estimate of drug-likeness (QED) is 0.500. The van der Waals surface area contributed by atoms with Crippen molar-refractivity contribution in [1.29, 1.82) is 5.26 Å². The Labute approximate surface area is 182 Å². The number of aromatic nitrogens is 4. The van der Waals surface area contributed by atoms with Crippen molar-refractivity contribution in [2.45, 2.75) is 25.9 Å². The standard InChI is InChI=1S/C22H18ClFN6O/c1-14(26-22(31)10-16-13-29-6-3-2-4-21(29)27-16)12-30-7-5-20(28-30)15-8-18(23)17(11-25)19(24)9-15/h2-9,13-14H,10,12H2,1H3,(H,26,31)/t14-/m0/s1. The van der Waals surface area contributed by atoms with Crippen LogP contribution in [-0.2, 0) is 17.8 Å². The molecule has 0 aliphatic heterocycles. The molecule has 1 amide bonds. The highest BCUT2D eigenvalue weighted by Gasteiger charge is 2.14. The van der Waals surface area contributed by atoms with Gasteiger partial charge in [0.05, 0.1) is 29.4 Å². The highest BCUT2D eigenvalue weighted by Crippen LogP contribution is 2.26. The minimum Gasteiger partial charge on any atom is -0.351 e. The maximum atomic E-state index is 14.0. The third-order valence-corrected chi connectivity index (χ3v) is 5.01. The molecule has 0 fully saturated rings. The third-order valence-electron chi connectivity index (χ3n) is 4.71. The van der Waals surface area contributed by atoms with Crippen LogP contribution in [0.4, 0.5) is 4.39 Å². The fourth-order valence-corrected chi connectivity index (χ4v) is 3.58. The van der Waals surface area contributed by atoms with Crippen LogP contribution in [0.25, 0.3) is 16.9 Å². The molecule has 0 aliphatic carbocycles. The van der Waals surface area contributed by atoms with Gasteiger partial charge in [-0.3, -0.25) is 9.48 Å². The molecule has 3 aromatic heterocycles. The zero-order valence-electron chi connectivity index (χ0n) is 16.6. The minimum absolute atomic E-state index is 0.0413. The number of fused-ring (bicyclic) bond motifs is 1. The Kier molecular flexibility index (Phi) is 5.69. The number of hydrogen-bond acceptors (Lipinski definition) is 4. The van der Waals surface area contributed by atoms with Gasteiger partial charge in [0, 0.05) is 30.2 Å². The van der Waals surface area contributed by atoms with Crippen LogP contribution < -0.4 is 5.32 Å². The molecule has 31 heavy (non-hydrogen) atoms. The SMILES string of the molecule is C[C@@H](Cn1ccc(-c2cc(F)c(C#N)c(Cl)c2)n1)NC(=O)Cc1cn2ccccc2n1. The number of rotatable bonds is 6. The first-order valence-electron chi connectivity index (χ1n) is 9.58. The molecule has 3 heterocycles. The fourth-order valence-electron chi connectivity index (χ4n) is 3.33. The van der Waals surface area contributed by atoms with Gasteiger partial charge in [-0.05, 0) is 37.3 Å². The molecule has 0 saturated heterocycles. The topological polar surface area (TPSA) is 88.0 Å². The second-order valence-electron chi connectivity index (χ2n) is 7.19. The molecule has 4 rings (SSSR count). The predicted octanol–water partition coefficient (Wildman–Crippen LogP) is 3.61. The van der Waals surface area contributed by atoms with Crippen LogP contribution >= 0.6 is 11.6 Å². The Bertz CT molecular complexity index is 1250. The van der Waals surface area contributed by atoms with Gasteiger partial charge in [-0.2, -0.15) is 10.4 Å². The number of nitrogens with zero attached hydrogens (tertiary/aromatic N) is 5. The van der Waals surface area contributed by atoms with Crippen LogP contribution in [0.2, 0.25) is 5.02 Å². The van der Waals surface area contributed by atoms with Crippen molar-refractivity contribution in [2.75, 3.05) is 0 Å². The smallest absolute Gasteiger partial charge is 0.226 e. The first kappa shape index (κ1) is 20.6. The number of benzene rings is 1. The van der Waals surface area contributed by atoms with Crippen LogP contribution in [0, 0.1) is 17.1 Å². The third kappa shape index (κ3) is 4.57. The number of pyridine rings is 1. The van der Waals surface area contributed by atoms with Gasteiger partial charge in [-0.1, -0.05) is 17.7 Å². The van der Waals surface area contributed by atoms with Gasteiger partial charge in [0.2, 0.25) is 5.91 Å².